The van der Waals surface area contributed by atoms with Gasteiger partial charge in [-0.3, -0.25) is 4.98 Å². The average molecular weight is 315 g/mol. The summed E-state index contributed by atoms with van der Waals surface area (Å²) in [5.74, 6) is 0. The van der Waals surface area contributed by atoms with Crippen molar-refractivity contribution in [2.45, 2.75) is 12.6 Å². The fourth-order valence-corrected chi connectivity index (χ4v) is 2.48. The lowest BCUT2D eigenvalue weighted by Gasteiger charge is -2.10. The molecule has 0 bridgehead atoms. The van der Waals surface area contributed by atoms with Gasteiger partial charge in [-0.1, -0.05) is 36.4 Å². The van der Waals surface area contributed by atoms with Gasteiger partial charge in [0.25, 0.3) is 0 Å². The molecule has 1 heterocycles. The predicted octanol–water partition coefficient (Wildman–Crippen LogP) is 4.66. The van der Waals surface area contributed by atoms with Crippen molar-refractivity contribution in [3.8, 4) is 11.3 Å². The van der Waals surface area contributed by atoms with Crippen molar-refractivity contribution in [3.05, 3.63) is 65.9 Å². The molecular formula is C18H12F3NO. The van der Waals surface area contributed by atoms with Crippen molar-refractivity contribution < 1.29 is 18.0 Å². The van der Waals surface area contributed by atoms with Crippen LogP contribution in [0.25, 0.3) is 22.0 Å². The number of carbonyl (C=O) groups is 1. The van der Waals surface area contributed by atoms with Crippen molar-refractivity contribution in [1.82, 2.24) is 4.98 Å². The van der Waals surface area contributed by atoms with Crippen LogP contribution in [-0.2, 0) is 17.4 Å². The first-order chi connectivity index (χ1) is 11.0. The van der Waals surface area contributed by atoms with Crippen molar-refractivity contribution in [1.29, 1.82) is 0 Å². The summed E-state index contributed by atoms with van der Waals surface area (Å²) < 4.78 is 38.1. The lowest BCUT2D eigenvalue weighted by molar-refractivity contribution is -0.137. The Kier molecular flexibility index (Phi) is 3.86. The number of pyridine rings is 1. The van der Waals surface area contributed by atoms with Gasteiger partial charge in [-0.2, -0.15) is 13.2 Å². The van der Waals surface area contributed by atoms with Gasteiger partial charge in [0.05, 0.1) is 11.3 Å². The van der Waals surface area contributed by atoms with Crippen LogP contribution in [0.4, 0.5) is 13.2 Å². The molecule has 0 unspecified atom stereocenters. The largest absolute Gasteiger partial charge is 0.416 e. The summed E-state index contributed by atoms with van der Waals surface area (Å²) in [5, 5.41) is 1.73. The minimum Gasteiger partial charge on any atom is -0.303 e. The quantitative estimate of drug-likeness (QED) is 0.658. The molecule has 0 saturated heterocycles. The molecule has 0 atom stereocenters. The van der Waals surface area contributed by atoms with Gasteiger partial charge >= 0.3 is 6.18 Å². The maximum Gasteiger partial charge on any atom is 0.416 e. The summed E-state index contributed by atoms with van der Waals surface area (Å²) in [6, 6.07) is 14.2. The van der Waals surface area contributed by atoms with Gasteiger partial charge in [-0.05, 0) is 23.6 Å². The van der Waals surface area contributed by atoms with E-state index >= 15 is 0 Å². The highest BCUT2D eigenvalue weighted by atomic mass is 19.4. The number of alkyl halides is 3. The molecule has 0 radical (unpaired) electrons. The average Bonchev–Trinajstić information content (AvgIpc) is 2.54. The molecule has 2 nitrogen and oxygen atoms in total. The summed E-state index contributed by atoms with van der Waals surface area (Å²) in [5.41, 5.74) is 1.05. The SMILES string of the molecule is O=CCc1cc2ccccc2c(-c2ccc(C(F)(F)F)cc2)n1. The fourth-order valence-electron chi connectivity index (χ4n) is 2.48. The highest BCUT2D eigenvalue weighted by Gasteiger charge is 2.30. The summed E-state index contributed by atoms with van der Waals surface area (Å²) in [6.45, 7) is 0. The van der Waals surface area contributed by atoms with Crippen LogP contribution in [0.3, 0.4) is 0 Å². The Bertz CT molecular complexity index is 854. The molecule has 0 saturated carbocycles. The maximum atomic E-state index is 12.7. The first kappa shape index (κ1) is 15.2. The van der Waals surface area contributed by atoms with Gasteiger partial charge in [0.1, 0.15) is 6.29 Å². The zero-order chi connectivity index (χ0) is 16.4. The molecule has 3 rings (SSSR count). The molecule has 23 heavy (non-hydrogen) atoms. The second kappa shape index (κ2) is 5.83. The molecule has 0 aliphatic rings. The normalized spacial score (nSPS) is 11.6. The Hall–Kier alpha value is -2.69. The van der Waals surface area contributed by atoms with Crippen LogP contribution in [-0.4, -0.2) is 11.3 Å². The van der Waals surface area contributed by atoms with Gasteiger partial charge in [0, 0.05) is 23.1 Å². The number of aldehydes is 1. The van der Waals surface area contributed by atoms with E-state index in [9.17, 15) is 18.0 Å². The van der Waals surface area contributed by atoms with E-state index in [0.29, 0.717) is 17.0 Å². The number of benzene rings is 2. The second-order valence-electron chi connectivity index (χ2n) is 5.13. The molecule has 0 fully saturated rings. The lowest BCUT2D eigenvalue weighted by atomic mass is 10.0. The third kappa shape index (κ3) is 3.08. The third-order valence-electron chi connectivity index (χ3n) is 3.57. The second-order valence-corrected chi connectivity index (χ2v) is 5.13. The first-order valence-corrected chi connectivity index (χ1v) is 6.99. The summed E-state index contributed by atoms with van der Waals surface area (Å²) >= 11 is 0. The molecule has 0 spiro atoms. The van der Waals surface area contributed by atoms with Crippen LogP contribution in [0.1, 0.15) is 11.3 Å². The molecule has 116 valence electrons. The van der Waals surface area contributed by atoms with Crippen LogP contribution < -0.4 is 0 Å². The number of hydrogen-bond acceptors (Lipinski definition) is 2. The third-order valence-corrected chi connectivity index (χ3v) is 3.57. The number of halogens is 3. The minimum atomic E-state index is -4.37. The molecule has 2 aromatic carbocycles. The number of carbonyl (C=O) groups excluding carboxylic acids is 1. The zero-order valence-electron chi connectivity index (χ0n) is 12.0. The van der Waals surface area contributed by atoms with E-state index in [1.54, 1.807) is 0 Å². The van der Waals surface area contributed by atoms with E-state index in [0.717, 1.165) is 29.2 Å². The molecule has 0 aliphatic heterocycles. The smallest absolute Gasteiger partial charge is 0.303 e. The van der Waals surface area contributed by atoms with E-state index in [1.807, 2.05) is 30.3 Å². The number of nitrogens with zero attached hydrogens (tertiary/aromatic N) is 1. The van der Waals surface area contributed by atoms with Gasteiger partial charge in [-0.15, -0.1) is 0 Å². The summed E-state index contributed by atoms with van der Waals surface area (Å²) in [6.07, 6.45) is -3.44. The molecule has 1 aromatic heterocycles. The van der Waals surface area contributed by atoms with Gasteiger partial charge in [0.15, 0.2) is 0 Å². The van der Waals surface area contributed by atoms with Crippen LogP contribution in [0.5, 0.6) is 0 Å². The van der Waals surface area contributed by atoms with Crippen molar-refractivity contribution in [3.63, 3.8) is 0 Å². The molecule has 0 aliphatic carbocycles. The fraction of sp³-hybridized carbons (Fsp3) is 0.111. The Labute approximate surface area is 130 Å². The Morgan fingerprint density at radius 3 is 2.35 bits per heavy atom. The Morgan fingerprint density at radius 1 is 1.00 bits per heavy atom. The van der Waals surface area contributed by atoms with Crippen LogP contribution in [0, 0.1) is 0 Å². The van der Waals surface area contributed by atoms with Crippen LogP contribution in [0.15, 0.2) is 54.6 Å². The summed E-state index contributed by atoms with van der Waals surface area (Å²) in [7, 11) is 0. The monoisotopic (exact) mass is 315 g/mol. The van der Waals surface area contributed by atoms with Crippen molar-refractivity contribution in [2.24, 2.45) is 0 Å². The summed E-state index contributed by atoms with van der Waals surface area (Å²) in [4.78, 5) is 15.2. The molecule has 5 heteroatoms. The van der Waals surface area contributed by atoms with E-state index in [4.69, 9.17) is 0 Å². The van der Waals surface area contributed by atoms with Gasteiger partial charge in [0.2, 0.25) is 0 Å². The Balaban J connectivity index is 2.16. The van der Waals surface area contributed by atoms with Crippen LogP contribution >= 0.6 is 0 Å². The van der Waals surface area contributed by atoms with Crippen molar-refractivity contribution >= 4 is 17.1 Å². The van der Waals surface area contributed by atoms with E-state index < -0.39 is 11.7 Å². The molecule has 0 amide bonds. The maximum absolute atomic E-state index is 12.7. The standard InChI is InChI=1S/C18H12F3NO/c19-18(20,21)14-7-5-12(6-8-14)17-16-4-2-1-3-13(16)11-15(22-17)9-10-23/h1-8,10-11H,9H2. The predicted molar refractivity (Wildman–Crippen MR) is 81.9 cm³/mol. The highest BCUT2D eigenvalue weighted by molar-refractivity contribution is 5.95. The van der Waals surface area contributed by atoms with E-state index in [1.165, 1.54) is 12.1 Å². The van der Waals surface area contributed by atoms with E-state index in [2.05, 4.69) is 4.98 Å². The van der Waals surface area contributed by atoms with E-state index in [-0.39, 0.29) is 6.42 Å². The number of rotatable bonds is 3. The topological polar surface area (TPSA) is 30.0 Å². The molecule has 0 N–H and O–H groups in total. The highest BCUT2D eigenvalue weighted by Crippen LogP contribution is 2.32. The Morgan fingerprint density at radius 2 is 1.70 bits per heavy atom. The molecular weight excluding hydrogens is 303 g/mol. The lowest BCUT2D eigenvalue weighted by Crippen LogP contribution is -2.04. The number of fused-ring (bicyclic) bond motifs is 1. The van der Waals surface area contributed by atoms with Gasteiger partial charge < -0.3 is 4.79 Å². The zero-order valence-corrected chi connectivity index (χ0v) is 12.0. The van der Waals surface area contributed by atoms with Gasteiger partial charge in [-0.25, -0.2) is 0 Å². The van der Waals surface area contributed by atoms with Crippen LogP contribution in [0.2, 0.25) is 0 Å². The number of hydrogen-bond donors (Lipinski definition) is 0. The number of aromatic nitrogens is 1. The molecule has 3 aromatic rings. The minimum absolute atomic E-state index is 0.165. The van der Waals surface area contributed by atoms with Crippen molar-refractivity contribution in [2.75, 3.05) is 0 Å². The first-order valence-electron chi connectivity index (χ1n) is 6.99.